The van der Waals surface area contributed by atoms with Gasteiger partial charge in [0.05, 0.1) is 13.2 Å². The molecule has 20 heavy (non-hydrogen) atoms. The van der Waals surface area contributed by atoms with Gasteiger partial charge in [0.1, 0.15) is 6.56 Å². The number of benzene rings is 1. The summed E-state index contributed by atoms with van der Waals surface area (Å²) in [7, 11) is 0. The van der Waals surface area contributed by atoms with Crippen molar-refractivity contribution in [2.24, 2.45) is 0 Å². The number of hydrogen-bond acceptors (Lipinski definition) is 5. The average molecular weight is 304 g/mol. The molecule has 0 fully saturated rings. The third-order valence-electron chi connectivity index (χ3n) is 2.20. The highest BCUT2D eigenvalue weighted by Crippen LogP contribution is 2.23. The Morgan fingerprint density at radius 2 is 2.15 bits per heavy atom. The van der Waals surface area contributed by atoms with Crippen LogP contribution in [0.2, 0.25) is 5.02 Å². The Hall–Kier alpha value is -2.15. The summed E-state index contributed by atoms with van der Waals surface area (Å²) in [5.41, 5.74) is -1.07. The first-order valence-corrected chi connectivity index (χ1v) is 5.89. The highest BCUT2D eigenvalue weighted by Gasteiger charge is 2.15. The van der Waals surface area contributed by atoms with Crippen LogP contribution in [0.4, 0.5) is 5.69 Å². The number of carbonyl (C=O) groups excluding carboxylic acids is 1. The van der Waals surface area contributed by atoms with Crippen molar-refractivity contribution in [1.29, 1.82) is 0 Å². The van der Waals surface area contributed by atoms with E-state index in [9.17, 15) is 19.7 Å². The molecule has 0 aromatic heterocycles. The SMILES string of the molecule is [2H]C([2H])(OC(=O)CCCC(=O)O)c1ccc(Cl)cc1[N+](=O)[O-]. The molecule has 8 heteroatoms. The summed E-state index contributed by atoms with van der Waals surface area (Å²) in [5.74, 6) is -2.08. The smallest absolute Gasteiger partial charge is 0.306 e. The first-order valence-electron chi connectivity index (χ1n) is 6.51. The first-order chi connectivity index (χ1) is 10.1. The van der Waals surface area contributed by atoms with Crippen LogP contribution in [0, 0.1) is 10.1 Å². The molecule has 0 amide bonds. The minimum atomic E-state index is -2.73. The van der Waals surface area contributed by atoms with Crippen LogP contribution in [0.25, 0.3) is 0 Å². The predicted molar refractivity (Wildman–Crippen MR) is 69.4 cm³/mol. The van der Waals surface area contributed by atoms with E-state index in [4.69, 9.17) is 19.4 Å². The summed E-state index contributed by atoms with van der Waals surface area (Å²) >= 11 is 5.62. The molecule has 0 radical (unpaired) electrons. The molecule has 0 heterocycles. The van der Waals surface area contributed by atoms with Crippen molar-refractivity contribution in [1.82, 2.24) is 0 Å². The summed E-state index contributed by atoms with van der Waals surface area (Å²) in [5, 5.41) is 19.4. The van der Waals surface area contributed by atoms with Crippen LogP contribution < -0.4 is 0 Å². The molecule has 0 spiro atoms. The molecule has 108 valence electrons. The molecule has 7 nitrogen and oxygen atoms in total. The molecule has 1 aromatic carbocycles. The Bertz CT molecular complexity index is 607. The van der Waals surface area contributed by atoms with Gasteiger partial charge in [0.25, 0.3) is 5.69 Å². The lowest BCUT2D eigenvalue weighted by molar-refractivity contribution is -0.385. The van der Waals surface area contributed by atoms with Gasteiger partial charge in [-0.05, 0) is 18.6 Å². The van der Waals surface area contributed by atoms with Crippen LogP contribution in [-0.2, 0) is 20.9 Å². The van der Waals surface area contributed by atoms with Crippen molar-refractivity contribution in [3.63, 3.8) is 0 Å². The van der Waals surface area contributed by atoms with E-state index in [0.717, 1.165) is 12.1 Å². The van der Waals surface area contributed by atoms with E-state index in [1.54, 1.807) is 0 Å². The summed E-state index contributed by atoms with van der Waals surface area (Å²) < 4.78 is 20.0. The molecule has 0 saturated heterocycles. The monoisotopic (exact) mass is 303 g/mol. The fourth-order valence-electron chi connectivity index (χ4n) is 1.29. The van der Waals surface area contributed by atoms with Gasteiger partial charge in [-0.1, -0.05) is 11.6 Å². The van der Waals surface area contributed by atoms with Crippen molar-refractivity contribution in [3.05, 3.63) is 38.9 Å². The fourth-order valence-corrected chi connectivity index (χ4v) is 1.46. The number of halogens is 1. The van der Waals surface area contributed by atoms with E-state index in [1.807, 2.05) is 0 Å². The zero-order chi connectivity index (χ0) is 16.9. The lowest BCUT2D eigenvalue weighted by Crippen LogP contribution is -2.07. The Labute approximate surface area is 122 Å². The predicted octanol–water partition coefficient (Wildman–Crippen LogP) is 2.55. The molecule has 1 aromatic rings. The number of ether oxygens (including phenoxy) is 1. The molecule has 0 bridgehead atoms. The largest absolute Gasteiger partial charge is 0.481 e. The van der Waals surface area contributed by atoms with Gasteiger partial charge in [0.2, 0.25) is 0 Å². The quantitative estimate of drug-likeness (QED) is 0.471. The van der Waals surface area contributed by atoms with Gasteiger partial charge in [-0.2, -0.15) is 0 Å². The van der Waals surface area contributed by atoms with Crippen LogP contribution in [0.5, 0.6) is 0 Å². The normalized spacial score (nSPS) is 12.2. The number of carboxylic acids is 1. The summed E-state index contributed by atoms with van der Waals surface area (Å²) in [4.78, 5) is 31.9. The topological polar surface area (TPSA) is 107 Å². The van der Waals surface area contributed by atoms with Crippen molar-refractivity contribution in [3.8, 4) is 0 Å². The van der Waals surface area contributed by atoms with E-state index >= 15 is 0 Å². The van der Waals surface area contributed by atoms with Crippen molar-refractivity contribution < 1.29 is 27.1 Å². The number of hydrogen-bond donors (Lipinski definition) is 1. The maximum atomic E-state index is 11.5. The zero-order valence-electron chi connectivity index (χ0n) is 12.2. The second kappa shape index (κ2) is 7.44. The molecular formula is C12H12ClNO6. The number of nitro benzene ring substituents is 1. The number of carboxylic acid groups (broad SMARTS) is 1. The lowest BCUT2D eigenvalue weighted by atomic mass is 10.2. The second-order valence-electron chi connectivity index (χ2n) is 3.74. The highest BCUT2D eigenvalue weighted by atomic mass is 35.5. The second-order valence-corrected chi connectivity index (χ2v) is 4.18. The van der Waals surface area contributed by atoms with Gasteiger partial charge in [0.15, 0.2) is 0 Å². The number of nitro groups is 1. The zero-order valence-corrected chi connectivity index (χ0v) is 10.9. The van der Waals surface area contributed by atoms with E-state index in [-0.39, 0.29) is 24.3 Å². The number of carbonyl (C=O) groups is 2. The van der Waals surface area contributed by atoms with Crippen molar-refractivity contribution >= 4 is 29.2 Å². The molecule has 0 atom stereocenters. The number of esters is 1. The minimum Gasteiger partial charge on any atom is -0.481 e. The van der Waals surface area contributed by atoms with Gasteiger partial charge in [0, 0.05) is 23.9 Å². The Kier molecular flexibility index (Phi) is 4.79. The molecule has 0 aliphatic carbocycles. The van der Waals surface area contributed by atoms with Crippen molar-refractivity contribution in [2.45, 2.75) is 25.8 Å². The van der Waals surface area contributed by atoms with Gasteiger partial charge in [-0.15, -0.1) is 0 Å². The van der Waals surface area contributed by atoms with E-state index in [2.05, 4.69) is 4.74 Å². The van der Waals surface area contributed by atoms with Crippen LogP contribution >= 0.6 is 11.6 Å². The van der Waals surface area contributed by atoms with E-state index in [1.165, 1.54) is 6.07 Å². The summed E-state index contributed by atoms with van der Waals surface area (Å²) in [6.45, 7) is -2.73. The fraction of sp³-hybridized carbons (Fsp3) is 0.333. The molecule has 0 aliphatic heterocycles. The maximum absolute atomic E-state index is 11.5. The summed E-state index contributed by atoms with van der Waals surface area (Å²) in [6, 6.07) is 3.25. The standard InChI is InChI=1S/C12H12ClNO6/c13-9-5-4-8(10(6-9)14(18)19)7-20-12(17)3-1-2-11(15)16/h4-6H,1-3,7H2,(H,15,16)/i7D2. The Morgan fingerprint density at radius 1 is 1.45 bits per heavy atom. The molecule has 0 saturated carbocycles. The van der Waals surface area contributed by atoms with Gasteiger partial charge >= 0.3 is 11.9 Å². The highest BCUT2D eigenvalue weighted by molar-refractivity contribution is 6.30. The minimum absolute atomic E-state index is 0.0209. The first kappa shape index (κ1) is 12.9. The molecule has 0 unspecified atom stereocenters. The van der Waals surface area contributed by atoms with Gasteiger partial charge in [-0.3, -0.25) is 19.7 Å². The Balaban J connectivity index is 2.88. The Morgan fingerprint density at radius 3 is 2.75 bits per heavy atom. The van der Waals surface area contributed by atoms with Crippen LogP contribution in [-0.4, -0.2) is 22.0 Å². The third kappa shape index (κ3) is 5.23. The number of rotatable bonds is 7. The lowest BCUT2D eigenvalue weighted by Gasteiger charge is -2.05. The van der Waals surface area contributed by atoms with Crippen molar-refractivity contribution in [2.75, 3.05) is 0 Å². The van der Waals surface area contributed by atoms with E-state index < -0.39 is 34.7 Å². The number of aliphatic carboxylic acids is 1. The average Bonchev–Trinajstić information content (AvgIpc) is 2.36. The third-order valence-corrected chi connectivity index (χ3v) is 2.44. The summed E-state index contributed by atoms with van der Waals surface area (Å²) in [6.07, 6.45) is -0.598. The maximum Gasteiger partial charge on any atom is 0.306 e. The number of nitrogens with zero attached hydrogens (tertiary/aromatic N) is 1. The molecule has 1 N–H and O–H groups in total. The van der Waals surface area contributed by atoms with E-state index in [0.29, 0.717) is 0 Å². The van der Waals surface area contributed by atoms with Gasteiger partial charge < -0.3 is 9.84 Å². The van der Waals surface area contributed by atoms with Crippen LogP contribution in [0.1, 0.15) is 27.6 Å². The molecular weight excluding hydrogens is 290 g/mol. The molecule has 1 rings (SSSR count). The molecule has 0 aliphatic rings. The van der Waals surface area contributed by atoms with Crippen LogP contribution in [0.3, 0.4) is 0 Å². The van der Waals surface area contributed by atoms with Gasteiger partial charge in [-0.25, -0.2) is 0 Å². The van der Waals surface area contributed by atoms with Crippen LogP contribution in [0.15, 0.2) is 18.2 Å².